The van der Waals surface area contributed by atoms with Crippen LogP contribution < -0.4 is 0 Å². The molecule has 0 bridgehead atoms. The molecule has 3 heteroatoms. The maximum absolute atomic E-state index is 6.41. The second-order valence-corrected chi connectivity index (χ2v) is 5.97. The largest absolute Gasteiger partial charge is 0.331 e. The fourth-order valence-electron chi connectivity index (χ4n) is 2.19. The molecular formula is C15H21ClN2. The molecule has 1 atom stereocenters. The van der Waals surface area contributed by atoms with Gasteiger partial charge in [-0.05, 0) is 30.9 Å². The van der Waals surface area contributed by atoms with Gasteiger partial charge in [0.2, 0.25) is 0 Å². The molecule has 1 aromatic carbocycles. The number of nitrogens with zero attached hydrogens (tertiary/aromatic N) is 2. The van der Waals surface area contributed by atoms with E-state index in [-0.39, 0.29) is 5.38 Å². The Morgan fingerprint density at radius 1 is 1.22 bits per heavy atom. The lowest BCUT2D eigenvalue weighted by molar-refractivity contribution is 0.536. The van der Waals surface area contributed by atoms with Crippen molar-refractivity contribution in [3.63, 3.8) is 0 Å². The Morgan fingerprint density at radius 2 is 1.94 bits per heavy atom. The van der Waals surface area contributed by atoms with Gasteiger partial charge >= 0.3 is 0 Å². The molecule has 0 saturated carbocycles. The van der Waals surface area contributed by atoms with Crippen molar-refractivity contribution in [1.82, 2.24) is 9.55 Å². The average molecular weight is 265 g/mol. The minimum atomic E-state index is 0.183. The Bertz CT molecular complexity index is 516. The van der Waals surface area contributed by atoms with Gasteiger partial charge in [-0.15, -0.1) is 11.6 Å². The number of halogens is 1. The maximum atomic E-state index is 6.41. The first-order valence-electron chi connectivity index (χ1n) is 6.62. The summed E-state index contributed by atoms with van der Waals surface area (Å²) in [6, 6.07) is 8.22. The molecule has 1 heterocycles. The molecule has 0 aliphatic heterocycles. The van der Waals surface area contributed by atoms with Crippen LogP contribution in [0, 0.1) is 5.92 Å². The summed E-state index contributed by atoms with van der Waals surface area (Å²) in [6.45, 7) is 4.47. The zero-order chi connectivity index (χ0) is 13.1. The predicted molar refractivity (Wildman–Crippen MR) is 78.1 cm³/mol. The van der Waals surface area contributed by atoms with Crippen LogP contribution in [0.2, 0.25) is 0 Å². The van der Waals surface area contributed by atoms with Crippen LogP contribution >= 0.6 is 11.6 Å². The molecule has 0 spiro atoms. The molecular weight excluding hydrogens is 244 g/mol. The van der Waals surface area contributed by atoms with E-state index in [1.807, 2.05) is 12.1 Å². The zero-order valence-electron chi connectivity index (χ0n) is 11.4. The van der Waals surface area contributed by atoms with Crippen LogP contribution in [-0.2, 0) is 13.5 Å². The van der Waals surface area contributed by atoms with Crippen LogP contribution in [0.3, 0.4) is 0 Å². The SMILES string of the molecule is CC(C)CCC(Cl)Cc1nc2ccccc2n1C. The highest BCUT2D eigenvalue weighted by atomic mass is 35.5. The molecule has 0 saturated heterocycles. The molecule has 0 aliphatic carbocycles. The molecule has 0 aliphatic rings. The van der Waals surface area contributed by atoms with E-state index < -0.39 is 0 Å². The third-order valence-corrected chi connectivity index (χ3v) is 3.71. The van der Waals surface area contributed by atoms with E-state index in [2.05, 4.69) is 42.6 Å². The van der Waals surface area contributed by atoms with Crippen molar-refractivity contribution < 1.29 is 0 Å². The summed E-state index contributed by atoms with van der Waals surface area (Å²) in [6.07, 6.45) is 3.08. The smallest absolute Gasteiger partial charge is 0.111 e. The van der Waals surface area contributed by atoms with Gasteiger partial charge in [0.05, 0.1) is 11.0 Å². The average Bonchev–Trinajstić information content (AvgIpc) is 2.65. The number of para-hydroxylation sites is 2. The summed E-state index contributed by atoms with van der Waals surface area (Å²) in [7, 11) is 2.07. The number of rotatable bonds is 5. The quantitative estimate of drug-likeness (QED) is 0.742. The van der Waals surface area contributed by atoms with E-state index in [4.69, 9.17) is 11.6 Å². The van der Waals surface area contributed by atoms with Crippen molar-refractivity contribution in [3.05, 3.63) is 30.1 Å². The Kier molecular flexibility index (Phi) is 4.28. The van der Waals surface area contributed by atoms with Crippen LogP contribution in [0.4, 0.5) is 0 Å². The summed E-state index contributed by atoms with van der Waals surface area (Å²) < 4.78 is 2.15. The van der Waals surface area contributed by atoms with Gasteiger partial charge in [-0.3, -0.25) is 0 Å². The van der Waals surface area contributed by atoms with Crippen molar-refractivity contribution >= 4 is 22.6 Å². The normalized spacial score (nSPS) is 13.4. The van der Waals surface area contributed by atoms with Crippen LogP contribution in [-0.4, -0.2) is 14.9 Å². The molecule has 18 heavy (non-hydrogen) atoms. The topological polar surface area (TPSA) is 17.8 Å². The fourth-order valence-corrected chi connectivity index (χ4v) is 2.46. The van der Waals surface area contributed by atoms with E-state index in [1.165, 1.54) is 11.9 Å². The minimum Gasteiger partial charge on any atom is -0.331 e. The van der Waals surface area contributed by atoms with Crippen LogP contribution in [0.1, 0.15) is 32.5 Å². The summed E-state index contributed by atoms with van der Waals surface area (Å²) in [4.78, 5) is 4.66. The van der Waals surface area contributed by atoms with Gasteiger partial charge < -0.3 is 4.57 Å². The third-order valence-electron chi connectivity index (χ3n) is 3.34. The summed E-state index contributed by atoms with van der Waals surface area (Å²) in [5.41, 5.74) is 2.24. The number of aryl methyl sites for hydroxylation is 1. The van der Waals surface area contributed by atoms with Crippen molar-refractivity contribution in [1.29, 1.82) is 0 Å². The van der Waals surface area contributed by atoms with Crippen LogP contribution in [0.5, 0.6) is 0 Å². The van der Waals surface area contributed by atoms with Gasteiger partial charge in [0, 0.05) is 18.8 Å². The molecule has 0 N–H and O–H groups in total. The highest BCUT2D eigenvalue weighted by Crippen LogP contribution is 2.19. The zero-order valence-corrected chi connectivity index (χ0v) is 12.1. The lowest BCUT2D eigenvalue weighted by Gasteiger charge is -2.10. The molecule has 2 nitrogen and oxygen atoms in total. The summed E-state index contributed by atoms with van der Waals surface area (Å²) in [5, 5.41) is 0.183. The minimum absolute atomic E-state index is 0.183. The van der Waals surface area contributed by atoms with E-state index in [0.717, 1.165) is 24.2 Å². The number of hydrogen-bond donors (Lipinski definition) is 0. The van der Waals surface area contributed by atoms with E-state index in [0.29, 0.717) is 5.92 Å². The second-order valence-electron chi connectivity index (χ2n) is 5.35. The number of fused-ring (bicyclic) bond motifs is 1. The van der Waals surface area contributed by atoms with Gasteiger partial charge in [0.25, 0.3) is 0 Å². The first kappa shape index (κ1) is 13.4. The van der Waals surface area contributed by atoms with Crippen molar-refractivity contribution in [3.8, 4) is 0 Å². The van der Waals surface area contributed by atoms with E-state index >= 15 is 0 Å². The third kappa shape index (κ3) is 3.05. The van der Waals surface area contributed by atoms with E-state index in [1.54, 1.807) is 0 Å². The molecule has 98 valence electrons. The predicted octanol–water partition coefficient (Wildman–Crippen LogP) is 4.16. The van der Waals surface area contributed by atoms with Gasteiger partial charge in [0.1, 0.15) is 5.82 Å². The monoisotopic (exact) mass is 264 g/mol. The number of aromatic nitrogens is 2. The lowest BCUT2D eigenvalue weighted by atomic mass is 10.0. The lowest BCUT2D eigenvalue weighted by Crippen LogP contribution is -2.09. The standard InChI is InChI=1S/C15H21ClN2/c1-11(2)8-9-12(16)10-15-17-13-6-4-5-7-14(13)18(15)3/h4-7,11-12H,8-10H2,1-3H3. The highest BCUT2D eigenvalue weighted by Gasteiger charge is 2.12. The Balaban J connectivity index is 2.09. The molecule has 0 fully saturated rings. The number of benzene rings is 1. The van der Waals surface area contributed by atoms with Crippen molar-refractivity contribution in [2.45, 2.75) is 38.5 Å². The molecule has 1 aromatic heterocycles. The Morgan fingerprint density at radius 3 is 2.61 bits per heavy atom. The fraction of sp³-hybridized carbons (Fsp3) is 0.533. The highest BCUT2D eigenvalue weighted by molar-refractivity contribution is 6.20. The first-order chi connectivity index (χ1) is 8.58. The van der Waals surface area contributed by atoms with Gasteiger partial charge in [0.15, 0.2) is 0 Å². The van der Waals surface area contributed by atoms with Gasteiger partial charge in [-0.1, -0.05) is 26.0 Å². The van der Waals surface area contributed by atoms with Crippen molar-refractivity contribution in [2.75, 3.05) is 0 Å². The Hall–Kier alpha value is -1.02. The Labute approximate surface area is 114 Å². The van der Waals surface area contributed by atoms with Gasteiger partial charge in [-0.25, -0.2) is 4.98 Å². The number of imidazole rings is 1. The number of alkyl halides is 1. The van der Waals surface area contributed by atoms with E-state index in [9.17, 15) is 0 Å². The first-order valence-corrected chi connectivity index (χ1v) is 7.06. The van der Waals surface area contributed by atoms with Crippen molar-refractivity contribution in [2.24, 2.45) is 13.0 Å². The summed E-state index contributed by atoms with van der Waals surface area (Å²) in [5.74, 6) is 1.80. The molecule has 2 rings (SSSR count). The van der Waals surface area contributed by atoms with Crippen LogP contribution in [0.25, 0.3) is 11.0 Å². The molecule has 0 amide bonds. The number of hydrogen-bond acceptors (Lipinski definition) is 1. The second kappa shape index (κ2) is 5.75. The van der Waals surface area contributed by atoms with Crippen LogP contribution in [0.15, 0.2) is 24.3 Å². The summed E-state index contributed by atoms with van der Waals surface area (Å²) >= 11 is 6.41. The van der Waals surface area contributed by atoms with Gasteiger partial charge in [-0.2, -0.15) is 0 Å². The maximum Gasteiger partial charge on any atom is 0.111 e. The molecule has 0 radical (unpaired) electrons. The molecule has 1 unspecified atom stereocenters. The molecule has 2 aromatic rings.